The van der Waals surface area contributed by atoms with Gasteiger partial charge in [0.2, 0.25) is 5.91 Å². The summed E-state index contributed by atoms with van der Waals surface area (Å²) >= 11 is 0. The summed E-state index contributed by atoms with van der Waals surface area (Å²) in [7, 11) is 0. The molecule has 0 bridgehead atoms. The number of rotatable bonds is 6. The molecule has 2 aromatic rings. The molecule has 2 aromatic carbocycles. The first kappa shape index (κ1) is 20.4. The van der Waals surface area contributed by atoms with Crippen molar-refractivity contribution in [3.8, 4) is 5.75 Å². The van der Waals surface area contributed by atoms with Gasteiger partial charge < -0.3 is 14.9 Å². The van der Waals surface area contributed by atoms with E-state index in [4.69, 9.17) is 0 Å². The minimum absolute atomic E-state index is 0.0904. The second-order valence-corrected chi connectivity index (χ2v) is 8.23. The van der Waals surface area contributed by atoms with Gasteiger partial charge >= 0.3 is 0 Å². The lowest BCUT2D eigenvalue weighted by molar-refractivity contribution is -0.915. The number of para-hydroxylation sites is 2. The van der Waals surface area contributed by atoms with E-state index in [0.717, 1.165) is 56.0 Å². The van der Waals surface area contributed by atoms with Gasteiger partial charge in [0, 0.05) is 0 Å². The van der Waals surface area contributed by atoms with Crippen molar-refractivity contribution in [2.45, 2.75) is 38.6 Å². The Hall–Kier alpha value is -2.86. The molecule has 0 unspecified atom stereocenters. The fourth-order valence-electron chi connectivity index (χ4n) is 4.53. The van der Waals surface area contributed by atoms with Crippen molar-refractivity contribution in [2.75, 3.05) is 36.0 Å². The lowest BCUT2D eigenvalue weighted by atomic mass is 10.1. The molecule has 2 saturated heterocycles. The van der Waals surface area contributed by atoms with Crippen molar-refractivity contribution >= 4 is 23.2 Å². The largest absolute Gasteiger partial charge is 0.506 e. The Morgan fingerprint density at radius 2 is 1.73 bits per heavy atom. The molecule has 2 heterocycles. The highest BCUT2D eigenvalue weighted by molar-refractivity contribution is 6.21. The predicted molar refractivity (Wildman–Crippen MR) is 117 cm³/mol. The minimum Gasteiger partial charge on any atom is -0.506 e. The zero-order valence-electron chi connectivity index (χ0n) is 17.5. The maximum atomic E-state index is 13.1. The molecular formula is C24H30N3O3+. The zero-order chi connectivity index (χ0) is 21.1. The number of hydrogen-bond acceptors (Lipinski definition) is 4. The quantitative estimate of drug-likeness (QED) is 0.715. The Labute approximate surface area is 177 Å². The molecule has 30 heavy (non-hydrogen) atoms. The molecular weight excluding hydrogens is 378 g/mol. The van der Waals surface area contributed by atoms with Crippen LogP contribution < -0.4 is 14.7 Å². The highest BCUT2D eigenvalue weighted by Gasteiger charge is 2.46. The number of nitrogens with zero attached hydrogens (tertiary/aromatic N) is 2. The van der Waals surface area contributed by atoms with Gasteiger partial charge in [-0.25, -0.2) is 4.90 Å². The Morgan fingerprint density at radius 1 is 1.03 bits per heavy atom. The van der Waals surface area contributed by atoms with Crippen molar-refractivity contribution in [2.24, 2.45) is 0 Å². The number of unbranched alkanes of at least 4 members (excludes halogenated alkanes) is 1. The number of amides is 2. The van der Waals surface area contributed by atoms with Gasteiger partial charge in [-0.05, 0) is 42.7 Å². The molecule has 0 aliphatic carbocycles. The van der Waals surface area contributed by atoms with Crippen LogP contribution in [-0.4, -0.2) is 49.1 Å². The average Bonchev–Trinajstić information content (AvgIpc) is 3.07. The molecule has 0 radical (unpaired) electrons. The summed E-state index contributed by atoms with van der Waals surface area (Å²) in [6, 6.07) is 14.9. The van der Waals surface area contributed by atoms with Gasteiger partial charge in [0.25, 0.3) is 5.91 Å². The van der Waals surface area contributed by atoms with E-state index in [1.165, 1.54) is 10.5 Å². The third-order valence-electron chi connectivity index (χ3n) is 6.28. The van der Waals surface area contributed by atoms with E-state index in [2.05, 4.69) is 11.8 Å². The van der Waals surface area contributed by atoms with E-state index in [0.29, 0.717) is 5.69 Å². The molecule has 2 aliphatic heterocycles. The summed E-state index contributed by atoms with van der Waals surface area (Å²) in [5, 5.41) is 10.1. The van der Waals surface area contributed by atoms with Crippen LogP contribution in [0.15, 0.2) is 48.5 Å². The fraction of sp³-hybridized carbons (Fsp3) is 0.417. The Balaban J connectivity index is 1.40. The number of benzene rings is 2. The topological polar surface area (TPSA) is 65.3 Å². The third kappa shape index (κ3) is 4.05. The number of aryl methyl sites for hydroxylation is 1. The first-order valence-corrected chi connectivity index (χ1v) is 10.9. The first-order chi connectivity index (χ1) is 14.6. The van der Waals surface area contributed by atoms with E-state index < -0.39 is 0 Å². The van der Waals surface area contributed by atoms with Crippen LogP contribution >= 0.6 is 0 Å². The standard InChI is InChI=1S/C24H29N3O3/c1-2-3-6-18-9-11-19(12-10-18)27-23(29)17-21(24(27)30)26-15-13-25(14-16-26)20-7-4-5-8-22(20)28/h4-5,7-12,21,28H,2-3,6,13-17H2,1H3/p+1/t21-/m0/s1. The molecule has 1 atom stereocenters. The van der Waals surface area contributed by atoms with Gasteiger partial charge in [0.15, 0.2) is 6.04 Å². The molecule has 2 aliphatic rings. The number of carbonyl (C=O) groups is 2. The van der Waals surface area contributed by atoms with E-state index in [9.17, 15) is 14.7 Å². The fourth-order valence-corrected chi connectivity index (χ4v) is 4.53. The molecule has 6 nitrogen and oxygen atoms in total. The van der Waals surface area contributed by atoms with Gasteiger partial charge in [0.1, 0.15) is 5.75 Å². The molecule has 4 rings (SSSR count). The molecule has 2 fully saturated rings. The normalized spacial score (nSPS) is 20.2. The maximum absolute atomic E-state index is 13.1. The molecule has 0 spiro atoms. The second-order valence-electron chi connectivity index (χ2n) is 8.23. The smallest absolute Gasteiger partial charge is 0.292 e. The molecule has 0 saturated carbocycles. The summed E-state index contributed by atoms with van der Waals surface area (Å²) in [6.07, 6.45) is 3.57. The Bertz CT molecular complexity index is 904. The summed E-state index contributed by atoms with van der Waals surface area (Å²) in [4.78, 5) is 30.5. The van der Waals surface area contributed by atoms with Gasteiger partial charge in [-0.15, -0.1) is 0 Å². The number of quaternary nitrogens is 1. The van der Waals surface area contributed by atoms with Crippen molar-refractivity contribution < 1.29 is 19.6 Å². The molecule has 2 amide bonds. The summed E-state index contributed by atoms with van der Waals surface area (Å²) in [6.45, 7) is 5.19. The van der Waals surface area contributed by atoms with Gasteiger partial charge in [-0.1, -0.05) is 37.6 Å². The minimum atomic E-state index is -0.316. The zero-order valence-corrected chi connectivity index (χ0v) is 17.5. The van der Waals surface area contributed by atoms with Crippen LogP contribution in [0, 0.1) is 0 Å². The molecule has 158 valence electrons. The van der Waals surface area contributed by atoms with E-state index in [1.54, 1.807) is 6.07 Å². The maximum Gasteiger partial charge on any atom is 0.292 e. The number of aromatic hydroxyl groups is 1. The van der Waals surface area contributed by atoms with Crippen LogP contribution in [0.2, 0.25) is 0 Å². The van der Waals surface area contributed by atoms with Crippen LogP contribution in [0.25, 0.3) is 0 Å². The van der Waals surface area contributed by atoms with Crippen molar-refractivity contribution in [3.63, 3.8) is 0 Å². The van der Waals surface area contributed by atoms with Crippen molar-refractivity contribution in [1.29, 1.82) is 0 Å². The predicted octanol–water partition coefficient (Wildman–Crippen LogP) is 1.77. The summed E-state index contributed by atoms with van der Waals surface area (Å²) in [5.74, 6) is 0.0795. The number of anilines is 2. The lowest BCUT2D eigenvalue weighted by Crippen LogP contribution is -3.19. The highest BCUT2D eigenvalue weighted by Crippen LogP contribution is 2.27. The monoisotopic (exact) mass is 408 g/mol. The van der Waals surface area contributed by atoms with Crippen LogP contribution in [0.3, 0.4) is 0 Å². The Morgan fingerprint density at radius 3 is 2.40 bits per heavy atom. The van der Waals surface area contributed by atoms with Gasteiger partial charge in [-0.2, -0.15) is 0 Å². The van der Waals surface area contributed by atoms with Crippen LogP contribution in [-0.2, 0) is 16.0 Å². The molecule has 0 aromatic heterocycles. The number of phenolic OH excluding ortho intramolecular Hbond substituents is 1. The van der Waals surface area contributed by atoms with Crippen LogP contribution in [0.5, 0.6) is 5.75 Å². The summed E-state index contributed by atoms with van der Waals surface area (Å²) in [5.41, 5.74) is 2.75. The van der Waals surface area contributed by atoms with Crippen LogP contribution in [0.4, 0.5) is 11.4 Å². The van der Waals surface area contributed by atoms with E-state index in [1.807, 2.05) is 42.5 Å². The van der Waals surface area contributed by atoms with Gasteiger partial charge in [0.05, 0.1) is 44.0 Å². The summed E-state index contributed by atoms with van der Waals surface area (Å²) < 4.78 is 0. The second kappa shape index (κ2) is 8.88. The number of hydrogen-bond donors (Lipinski definition) is 2. The highest BCUT2D eigenvalue weighted by atomic mass is 16.3. The number of piperazine rings is 1. The Kier molecular flexibility index (Phi) is 6.04. The van der Waals surface area contributed by atoms with Gasteiger partial charge in [-0.3, -0.25) is 9.59 Å². The lowest BCUT2D eigenvalue weighted by Gasteiger charge is -2.35. The van der Waals surface area contributed by atoms with E-state index in [-0.39, 0.29) is 30.0 Å². The number of phenols is 1. The molecule has 6 heteroatoms. The van der Waals surface area contributed by atoms with Crippen molar-refractivity contribution in [1.82, 2.24) is 0 Å². The average molecular weight is 409 g/mol. The van der Waals surface area contributed by atoms with Crippen LogP contribution in [0.1, 0.15) is 31.7 Å². The number of nitrogens with one attached hydrogen (secondary N) is 1. The number of carbonyl (C=O) groups excluding carboxylic acids is 2. The van der Waals surface area contributed by atoms with Crippen molar-refractivity contribution in [3.05, 3.63) is 54.1 Å². The third-order valence-corrected chi connectivity index (χ3v) is 6.28. The number of imide groups is 1. The first-order valence-electron chi connectivity index (χ1n) is 10.9. The van der Waals surface area contributed by atoms with E-state index >= 15 is 0 Å². The SMILES string of the molecule is CCCCc1ccc(N2C(=O)C[C@H]([NH+]3CCN(c4ccccc4O)CC3)C2=O)cc1. The molecule has 2 N–H and O–H groups in total.